The van der Waals surface area contributed by atoms with Crippen LogP contribution in [0.3, 0.4) is 0 Å². The Bertz CT molecular complexity index is 1020. The number of H-pyrrole nitrogens is 1. The molecule has 0 saturated heterocycles. The number of carbonyl (C=O) groups is 1. The maximum Gasteiger partial charge on any atom is 0.422 e. The number of hydrogen-bond acceptors (Lipinski definition) is 4. The molecule has 0 aliphatic rings. The molecule has 11 heteroatoms. The van der Waals surface area contributed by atoms with E-state index in [-0.39, 0.29) is 33.9 Å². The third-order valence-corrected chi connectivity index (χ3v) is 3.48. The number of nitrogens with one attached hydrogen (secondary N) is 2. The molecule has 2 heterocycles. The monoisotopic (exact) mass is 386 g/mol. The number of halogens is 5. The lowest BCUT2D eigenvalue weighted by molar-refractivity contribution is -0.154. The van der Waals surface area contributed by atoms with Gasteiger partial charge in [-0.25, -0.2) is 18.7 Å². The van der Waals surface area contributed by atoms with Crippen molar-refractivity contribution in [2.75, 3.05) is 11.9 Å². The van der Waals surface area contributed by atoms with E-state index in [0.717, 1.165) is 18.3 Å². The van der Waals surface area contributed by atoms with Crippen LogP contribution in [0.1, 0.15) is 16.2 Å². The number of carbonyl (C=O) groups excluding carboxylic acids is 1. The minimum absolute atomic E-state index is 0.0149. The Morgan fingerprint density at radius 1 is 1.26 bits per heavy atom. The number of rotatable bonds is 4. The number of aryl methyl sites for hydroxylation is 1. The number of benzene rings is 1. The molecule has 2 aromatic heterocycles. The molecule has 0 radical (unpaired) electrons. The summed E-state index contributed by atoms with van der Waals surface area (Å²) in [4.78, 5) is 22.5. The van der Waals surface area contributed by atoms with Crippen LogP contribution in [0.5, 0.6) is 5.88 Å². The maximum atomic E-state index is 13.4. The Morgan fingerprint density at radius 2 is 1.96 bits per heavy atom. The van der Waals surface area contributed by atoms with Gasteiger partial charge < -0.3 is 15.0 Å². The first-order valence-electron chi connectivity index (χ1n) is 7.45. The van der Waals surface area contributed by atoms with Gasteiger partial charge in [0, 0.05) is 17.6 Å². The highest BCUT2D eigenvalue weighted by Gasteiger charge is 2.29. The van der Waals surface area contributed by atoms with Gasteiger partial charge in [0.15, 0.2) is 18.2 Å². The van der Waals surface area contributed by atoms with Gasteiger partial charge in [-0.1, -0.05) is 0 Å². The molecule has 2 N–H and O–H groups in total. The fourth-order valence-electron chi connectivity index (χ4n) is 2.28. The molecule has 142 valence electrons. The Balaban J connectivity index is 1.79. The molecule has 0 aliphatic heterocycles. The van der Waals surface area contributed by atoms with Crippen LogP contribution in [0.4, 0.5) is 27.6 Å². The van der Waals surface area contributed by atoms with E-state index >= 15 is 0 Å². The van der Waals surface area contributed by atoms with E-state index in [2.05, 4.69) is 25.0 Å². The zero-order valence-corrected chi connectivity index (χ0v) is 13.6. The lowest BCUT2D eigenvalue weighted by Gasteiger charge is -2.10. The van der Waals surface area contributed by atoms with Gasteiger partial charge in [-0.05, 0) is 13.0 Å². The molecule has 6 nitrogen and oxygen atoms in total. The highest BCUT2D eigenvalue weighted by Crippen LogP contribution is 2.26. The van der Waals surface area contributed by atoms with Crippen molar-refractivity contribution in [2.24, 2.45) is 0 Å². The standard InChI is InChI=1S/C16H11F5N4O2/c1-7-15(27-6-16(19,20)21)23-5-13(24-7)14(26)25-12-4-22-11-3-10(18)9(17)2-8(11)12/h2-5,22H,6H2,1H3,(H,25,26). The lowest BCUT2D eigenvalue weighted by Crippen LogP contribution is -2.21. The third kappa shape index (κ3) is 4.13. The van der Waals surface area contributed by atoms with Crippen molar-refractivity contribution in [2.45, 2.75) is 13.1 Å². The van der Waals surface area contributed by atoms with Crippen LogP contribution in [-0.4, -0.2) is 33.6 Å². The number of hydrogen-bond donors (Lipinski definition) is 2. The van der Waals surface area contributed by atoms with Crippen molar-refractivity contribution in [1.82, 2.24) is 15.0 Å². The Labute approximate surface area is 148 Å². The Kier molecular flexibility index (Phi) is 4.68. The van der Waals surface area contributed by atoms with Gasteiger partial charge in [0.1, 0.15) is 11.4 Å². The van der Waals surface area contributed by atoms with E-state index in [9.17, 15) is 26.7 Å². The molecule has 0 bridgehead atoms. The van der Waals surface area contributed by atoms with E-state index < -0.39 is 30.3 Å². The summed E-state index contributed by atoms with van der Waals surface area (Å²) in [5, 5.41) is 2.68. The van der Waals surface area contributed by atoms with Gasteiger partial charge >= 0.3 is 6.18 Å². The van der Waals surface area contributed by atoms with Crippen molar-refractivity contribution in [3.05, 3.63) is 47.5 Å². The molecule has 3 rings (SSSR count). The topological polar surface area (TPSA) is 79.9 Å². The average molecular weight is 386 g/mol. The van der Waals surface area contributed by atoms with Gasteiger partial charge in [-0.2, -0.15) is 13.2 Å². The summed E-state index contributed by atoms with van der Waals surface area (Å²) in [7, 11) is 0. The van der Waals surface area contributed by atoms with Crippen LogP contribution in [0.25, 0.3) is 10.9 Å². The first kappa shape index (κ1) is 18.5. The summed E-state index contributed by atoms with van der Waals surface area (Å²) in [6.07, 6.45) is -2.25. The van der Waals surface area contributed by atoms with Crippen LogP contribution in [0.15, 0.2) is 24.5 Å². The second kappa shape index (κ2) is 6.82. The van der Waals surface area contributed by atoms with E-state index in [1.807, 2.05) is 0 Å². The molecular formula is C16H11F5N4O2. The molecule has 1 aromatic carbocycles. The first-order valence-corrected chi connectivity index (χ1v) is 7.45. The molecule has 3 aromatic rings. The van der Waals surface area contributed by atoms with E-state index in [1.165, 1.54) is 13.1 Å². The number of amides is 1. The highest BCUT2D eigenvalue weighted by atomic mass is 19.4. The molecule has 1 amide bonds. The number of aromatic nitrogens is 3. The zero-order valence-electron chi connectivity index (χ0n) is 13.6. The van der Waals surface area contributed by atoms with E-state index in [4.69, 9.17) is 0 Å². The van der Waals surface area contributed by atoms with Crippen molar-refractivity contribution >= 4 is 22.5 Å². The maximum absolute atomic E-state index is 13.4. The Hall–Kier alpha value is -3.24. The zero-order chi connectivity index (χ0) is 19.8. The second-order valence-electron chi connectivity index (χ2n) is 5.52. The number of aromatic amines is 1. The predicted molar refractivity (Wildman–Crippen MR) is 84.5 cm³/mol. The predicted octanol–water partition coefficient (Wildman–Crippen LogP) is 3.74. The van der Waals surface area contributed by atoms with Crippen molar-refractivity contribution in [3.8, 4) is 5.88 Å². The van der Waals surface area contributed by atoms with Crippen molar-refractivity contribution in [3.63, 3.8) is 0 Å². The first-order chi connectivity index (χ1) is 12.6. The van der Waals surface area contributed by atoms with Gasteiger partial charge in [0.25, 0.3) is 5.91 Å². The van der Waals surface area contributed by atoms with E-state index in [1.54, 1.807) is 0 Å². The van der Waals surface area contributed by atoms with E-state index in [0.29, 0.717) is 0 Å². The fraction of sp³-hybridized carbons (Fsp3) is 0.188. The summed E-state index contributed by atoms with van der Waals surface area (Å²) in [6.45, 7) is -0.204. The van der Waals surface area contributed by atoms with Crippen LogP contribution in [-0.2, 0) is 0 Å². The van der Waals surface area contributed by atoms with Crippen molar-refractivity contribution < 1.29 is 31.5 Å². The van der Waals surface area contributed by atoms with Gasteiger partial charge in [0.2, 0.25) is 5.88 Å². The van der Waals surface area contributed by atoms with Crippen LogP contribution in [0.2, 0.25) is 0 Å². The number of fused-ring (bicyclic) bond motifs is 1. The average Bonchev–Trinajstić information content (AvgIpc) is 2.95. The quantitative estimate of drug-likeness (QED) is 0.670. The number of anilines is 1. The SMILES string of the molecule is Cc1nc(C(=O)Nc2c[nH]c3cc(F)c(F)cc23)cnc1OCC(F)(F)F. The largest absolute Gasteiger partial charge is 0.467 e. The summed E-state index contributed by atoms with van der Waals surface area (Å²) in [6, 6.07) is 1.86. The van der Waals surface area contributed by atoms with Crippen LogP contribution < -0.4 is 10.1 Å². The van der Waals surface area contributed by atoms with Gasteiger partial charge in [-0.15, -0.1) is 0 Å². The molecule has 0 fully saturated rings. The summed E-state index contributed by atoms with van der Waals surface area (Å²) in [5.41, 5.74) is 0.232. The summed E-state index contributed by atoms with van der Waals surface area (Å²) < 4.78 is 67.7. The molecule has 0 spiro atoms. The smallest absolute Gasteiger partial charge is 0.422 e. The normalized spacial score (nSPS) is 11.6. The number of nitrogens with zero attached hydrogens (tertiary/aromatic N) is 2. The second-order valence-corrected chi connectivity index (χ2v) is 5.52. The molecule has 0 atom stereocenters. The third-order valence-electron chi connectivity index (χ3n) is 3.48. The highest BCUT2D eigenvalue weighted by molar-refractivity contribution is 6.08. The number of ether oxygens (including phenoxy) is 1. The number of alkyl halides is 3. The summed E-state index contributed by atoms with van der Waals surface area (Å²) >= 11 is 0. The van der Waals surface area contributed by atoms with Crippen LogP contribution >= 0.6 is 0 Å². The fourth-order valence-corrected chi connectivity index (χ4v) is 2.28. The molecule has 0 aliphatic carbocycles. The van der Waals surface area contributed by atoms with Gasteiger partial charge in [0.05, 0.1) is 17.4 Å². The molecule has 0 saturated carbocycles. The molecular weight excluding hydrogens is 375 g/mol. The van der Waals surface area contributed by atoms with Gasteiger partial charge in [-0.3, -0.25) is 4.79 Å². The minimum atomic E-state index is -4.53. The van der Waals surface area contributed by atoms with Crippen LogP contribution in [0, 0.1) is 18.6 Å². The lowest BCUT2D eigenvalue weighted by atomic mass is 10.2. The molecule has 0 unspecified atom stereocenters. The minimum Gasteiger partial charge on any atom is -0.467 e. The van der Waals surface area contributed by atoms with Crippen molar-refractivity contribution in [1.29, 1.82) is 0 Å². The molecule has 27 heavy (non-hydrogen) atoms. The summed E-state index contributed by atoms with van der Waals surface area (Å²) in [5.74, 6) is -3.22. The Morgan fingerprint density at radius 3 is 2.63 bits per heavy atom.